The van der Waals surface area contributed by atoms with Crippen LogP contribution in [-0.4, -0.2) is 61.0 Å². The molecule has 0 spiro atoms. The van der Waals surface area contributed by atoms with E-state index in [4.69, 9.17) is 0 Å². The van der Waals surface area contributed by atoms with Crippen molar-refractivity contribution >= 4 is 22.9 Å². The number of hydrogen-bond acceptors (Lipinski definition) is 4. The van der Waals surface area contributed by atoms with Crippen molar-refractivity contribution in [2.45, 2.75) is 51.5 Å². The van der Waals surface area contributed by atoms with Gasteiger partial charge in [0.05, 0.1) is 4.88 Å². The summed E-state index contributed by atoms with van der Waals surface area (Å²) in [6.45, 7) is 7.89. The predicted octanol–water partition coefficient (Wildman–Crippen LogP) is 6.03. The average Bonchev–Trinajstić information content (AvgIpc) is 3.54. The maximum Gasteiger partial charge on any atom is 0.264 e. The van der Waals surface area contributed by atoms with Crippen LogP contribution in [0.25, 0.3) is 11.1 Å². The van der Waals surface area contributed by atoms with Gasteiger partial charge in [0, 0.05) is 55.9 Å². The van der Waals surface area contributed by atoms with Crippen LogP contribution in [0.5, 0.6) is 0 Å². The van der Waals surface area contributed by atoms with E-state index in [0.717, 1.165) is 37.1 Å². The number of hydrogen-bond donors (Lipinski definition) is 0. The fourth-order valence-electron chi connectivity index (χ4n) is 6.38. The van der Waals surface area contributed by atoms with Crippen molar-refractivity contribution in [3.05, 3.63) is 75.5 Å². The molecule has 3 heterocycles. The van der Waals surface area contributed by atoms with Crippen molar-refractivity contribution in [1.82, 2.24) is 9.80 Å². The Labute approximate surface area is 219 Å². The second-order valence-electron chi connectivity index (χ2n) is 10.7. The van der Waals surface area contributed by atoms with Crippen LogP contribution in [0.1, 0.15) is 51.4 Å². The van der Waals surface area contributed by atoms with Crippen LogP contribution in [0.2, 0.25) is 0 Å². The molecule has 1 saturated carbocycles. The van der Waals surface area contributed by atoms with E-state index in [1.165, 1.54) is 84.4 Å². The molecule has 2 aromatic carbocycles. The number of benzene rings is 2. The Morgan fingerprint density at radius 3 is 2.31 bits per heavy atom. The zero-order valence-electron chi connectivity index (χ0n) is 21.4. The van der Waals surface area contributed by atoms with Gasteiger partial charge in [-0.2, -0.15) is 0 Å². The third-order valence-electron chi connectivity index (χ3n) is 8.51. The fraction of sp³-hybridized carbons (Fsp3) is 0.452. The standard InChI is InChI=1S/C31H37N3OS/c1-23-29(25-7-3-2-4-8-25)22-30(36-23)31(35)34-19-17-33(18-20-34)28-12-11-24-13-15-32(16-14-26(24)21-28)27-9-5-6-10-27/h2-4,7-8,11-12,21-22,27H,5-6,9-10,13-20H2,1H3. The number of carbonyl (C=O) groups is 1. The van der Waals surface area contributed by atoms with Gasteiger partial charge in [0.1, 0.15) is 0 Å². The Morgan fingerprint density at radius 2 is 1.56 bits per heavy atom. The van der Waals surface area contributed by atoms with Crippen molar-refractivity contribution in [3.63, 3.8) is 0 Å². The van der Waals surface area contributed by atoms with Gasteiger partial charge >= 0.3 is 0 Å². The molecular formula is C31H37N3OS. The van der Waals surface area contributed by atoms with Crippen LogP contribution in [-0.2, 0) is 12.8 Å². The number of rotatable bonds is 4. The molecule has 2 aliphatic heterocycles. The number of fused-ring (bicyclic) bond motifs is 1. The van der Waals surface area contributed by atoms with Crippen LogP contribution in [0, 0.1) is 6.92 Å². The van der Waals surface area contributed by atoms with Crippen LogP contribution in [0.4, 0.5) is 5.69 Å². The SMILES string of the molecule is Cc1sc(C(=O)N2CCN(c3ccc4c(c3)CCN(C3CCCC3)CC4)CC2)cc1-c1ccccc1. The first-order valence-electron chi connectivity index (χ1n) is 13.7. The van der Waals surface area contributed by atoms with Gasteiger partial charge < -0.3 is 9.80 Å². The van der Waals surface area contributed by atoms with Gasteiger partial charge in [0.15, 0.2) is 0 Å². The summed E-state index contributed by atoms with van der Waals surface area (Å²) in [4.78, 5) is 22.7. The molecule has 0 radical (unpaired) electrons. The number of anilines is 1. The Balaban J connectivity index is 1.09. The maximum atomic E-state index is 13.3. The largest absolute Gasteiger partial charge is 0.368 e. The number of aryl methyl sites for hydroxylation is 1. The van der Waals surface area contributed by atoms with Crippen molar-refractivity contribution < 1.29 is 4.79 Å². The summed E-state index contributed by atoms with van der Waals surface area (Å²) in [7, 11) is 0. The molecule has 4 nitrogen and oxygen atoms in total. The van der Waals surface area contributed by atoms with E-state index < -0.39 is 0 Å². The molecule has 36 heavy (non-hydrogen) atoms. The van der Waals surface area contributed by atoms with E-state index in [-0.39, 0.29) is 5.91 Å². The van der Waals surface area contributed by atoms with E-state index in [0.29, 0.717) is 0 Å². The molecule has 1 aliphatic carbocycles. The van der Waals surface area contributed by atoms with E-state index in [9.17, 15) is 4.79 Å². The van der Waals surface area contributed by atoms with Gasteiger partial charge in [-0.3, -0.25) is 9.69 Å². The molecule has 3 aromatic rings. The molecule has 3 aliphatic rings. The quantitative estimate of drug-likeness (QED) is 0.439. The maximum absolute atomic E-state index is 13.3. The lowest BCUT2D eigenvalue weighted by Gasteiger charge is -2.36. The Kier molecular flexibility index (Phi) is 6.85. The van der Waals surface area contributed by atoms with Gasteiger partial charge in [0.25, 0.3) is 5.91 Å². The molecular weight excluding hydrogens is 462 g/mol. The molecule has 0 unspecified atom stereocenters. The van der Waals surface area contributed by atoms with Gasteiger partial charge in [-0.05, 0) is 73.1 Å². The summed E-state index contributed by atoms with van der Waals surface area (Å²) in [6.07, 6.45) is 7.95. The lowest BCUT2D eigenvalue weighted by atomic mass is 10.0. The summed E-state index contributed by atoms with van der Waals surface area (Å²) in [5.74, 6) is 0.180. The molecule has 6 rings (SSSR count). The third kappa shape index (κ3) is 4.83. The molecule has 5 heteroatoms. The molecule has 2 fully saturated rings. The lowest BCUT2D eigenvalue weighted by molar-refractivity contribution is 0.0751. The summed E-state index contributed by atoms with van der Waals surface area (Å²) in [5.41, 5.74) is 6.77. The highest BCUT2D eigenvalue weighted by Crippen LogP contribution is 2.32. The van der Waals surface area contributed by atoms with Crippen molar-refractivity contribution in [2.24, 2.45) is 0 Å². The number of amides is 1. The van der Waals surface area contributed by atoms with Gasteiger partial charge in [-0.1, -0.05) is 49.2 Å². The second-order valence-corrected chi connectivity index (χ2v) is 11.9. The number of thiophene rings is 1. The lowest BCUT2D eigenvalue weighted by Crippen LogP contribution is -2.48. The summed E-state index contributed by atoms with van der Waals surface area (Å²) >= 11 is 1.63. The number of carbonyl (C=O) groups excluding carboxylic acids is 1. The summed E-state index contributed by atoms with van der Waals surface area (Å²) in [6, 6.07) is 20.4. The molecule has 1 aromatic heterocycles. The first kappa shape index (κ1) is 23.7. The van der Waals surface area contributed by atoms with Crippen LogP contribution >= 0.6 is 11.3 Å². The first-order valence-corrected chi connectivity index (χ1v) is 14.5. The molecule has 1 amide bonds. The molecule has 1 saturated heterocycles. The minimum atomic E-state index is 0.180. The summed E-state index contributed by atoms with van der Waals surface area (Å²) < 4.78 is 0. The monoisotopic (exact) mass is 499 g/mol. The van der Waals surface area contributed by atoms with Gasteiger partial charge in [-0.25, -0.2) is 0 Å². The molecule has 188 valence electrons. The smallest absolute Gasteiger partial charge is 0.264 e. The number of nitrogens with zero attached hydrogens (tertiary/aromatic N) is 3. The van der Waals surface area contributed by atoms with Crippen LogP contribution < -0.4 is 4.90 Å². The van der Waals surface area contributed by atoms with E-state index in [2.05, 4.69) is 65.3 Å². The zero-order valence-corrected chi connectivity index (χ0v) is 22.2. The highest BCUT2D eigenvalue weighted by Gasteiger charge is 2.27. The fourth-order valence-corrected chi connectivity index (χ4v) is 7.39. The molecule has 0 bridgehead atoms. The van der Waals surface area contributed by atoms with Crippen LogP contribution in [0.3, 0.4) is 0 Å². The Morgan fingerprint density at radius 1 is 0.833 bits per heavy atom. The second kappa shape index (κ2) is 10.4. The summed E-state index contributed by atoms with van der Waals surface area (Å²) in [5, 5.41) is 0. The van der Waals surface area contributed by atoms with Crippen LogP contribution in [0.15, 0.2) is 54.6 Å². The molecule has 0 N–H and O–H groups in total. The van der Waals surface area contributed by atoms with Gasteiger partial charge in [0.2, 0.25) is 0 Å². The zero-order chi connectivity index (χ0) is 24.5. The minimum Gasteiger partial charge on any atom is -0.368 e. The van der Waals surface area contributed by atoms with Crippen molar-refractivity contribution in [3.8, 4) is 11.1 Å². The first-order chi connectivity index (χ1) is 17.7. The number of piperazine rings is 1. The normalized spacial score (nSPS) is 19.4. The van der Waals surface area contributed by atoms with Gasteiger partial charge in [-0.15, -0.1) is 11.3 Å². The predicted molar refractivity (Wildman–Crippen MR) is 150 cm³/mol. The van der Waals surface area contributed by atoms with E-state index in [1.807, 2.05) is 11.0 Å². The van der Waals surface area contributed by atoms with E-state index in [1.54, 1.807) is 11.3 Å². The Bertz CT molecular complexity index is 1210. The third-order valence-corrected chi connectivity index (χ3v) is 9.55. The average molecular weight is 500 g/mol. The Hall–Kier alpha value is -2.63. The minimum absolute atomic E-state index is 0.180. The molecule has 0 atom stereocenters. The highest BCUT2D eigenvalue weighted by molar-refractivity contribution is 7.14. The topological polar surface area (TPSA) is 26.8 Å². The van der Waals surface area contributed by atoms with Crippen molar-refractivity contribution in [1.29, 1.82) is 0 Å². The highest BCUT2D eigenvalue weighted by atomic mass is 32.1. The van der Waals surface area contributed by atoms with E-state index >= 15 is 0 Å². The van der Waals surface area contributed by atoms with Crippen molar-refractivity contribution in [2.75, 3.05) is 44.2 Å².